The maximum absolute atomic E-state index is 2.51. The summed E-state index contributed by atoms with van der Waals surface area (Å²) in [7, 11) is 0. The van der Waals surface area contributed by atoms with Crippen LogP contribution in [0, 0.1) is 23.7 Å². The molecule has 0 N–H and O–H groups in total. The van der Waals surface area contributed by atoms with Crippen molar-refractivity contribution in [3.05, 3.63) is 59.8 Å². The van der Waals surface area contributed by atoms with Gasteiger partial charge in [0.2, 0.25) is 0 Å². The highest BCUT2D eigenvalue weighted by Gasteiger charge is 2.44. The van der Waals surface area contributed by atoms with Crippen LogP contribution < -0.4 is 0 Å². The van der Waals surface area contributed by atoms with E-state index in [0.29, 0.717) is 0 Å². The molecule has 0 radical (unpaired) electrons. The smallest absolute Gasteiger partial charge is 0.0132 e. The van der Waals surface area contributed by atoms with Gasteiger partial charge in [0, 0.05) is 0 Å². The molecule has 0 spiro atoms. The van der Waals surface area contributed by atoms with Gasteiger partial charge in [0.15, 0.2) is 0 Å². The lowest BCUT2D eigenvalue weighted by molar-refractivity contribution is 0.303. The first-order chi connectivity index (χ1) is 9.40. The molecule has 0 aromatic rings. The number of hydrogen-bond acceptors (Lipinski definition) is 0. The van der Waals surface area contributed by atoms with Gasteiger partial charge in [-0.3, -0.25) is 0 Å². The summed E-state index contributed by atoms with van der Waals surface area (Å²) in [5, 5.41) is 0. The Kier molecular flexibility index (Phi) is 2.83. The molecule has 4 aliphatic rings. The summed E-state index contributed by atoms with van der Waals surface area (Å²) < 4.78 is 0. The first-order valence-electron chi connectivity index (χ1n) is 7.77. The van der Waals surface area contributed by atoms with Gasteiger partial charge in [0.05, 0.1) is 0 Å². The number of allylic oxidation sites excluding steroid dienone is 10. The van der Waals surface area contributed by atoms with Crippen LogP contribution in [0.15, 0.2) is 59.8 Å². The van der Waals surface area contributed by atoms with Gasteiger partial charge in [0.1, 0.15) is 0 Å². The van der Waals surface area contributed by atoms with Crippen molar-refractivity contribution in [3.63, 3.8) is 0 Å². The molecule has 1 saturated carbocycles. The van der Waals surface area contributed by atoms with E-state index in [1.165, 1.54) is 32.1 Å². The second kappa shape index (κ2) is 4.67. The molecule has 19 heavy (non-hydrogen) atoms. The lowest BCUT2D eigenvalue weighted by Gasteiger charge is -2.29. The zero-order valence-corrected chi connectivity index (χ0v) is 11.5. The Hall–Kier alpha value is -1.30. The molecule has 0 aromatic carbocycles. The minimum absolute atomic E-state index is 0.867. The standard InChI is InChI=1S/C19H22/c1-2-6-14(5-1)11-18-16-9-10-17(13-16)19(18)12-15-7-3-4-8-15/h1-5,7,9-10,16-19H,6,8,11-13H2/t16-,17+,18-,19+. The molecule has 0 unspecified atom stereocenters. The molecule has 98 valence electrons. The average Bonchev–Trinajstić information content (AvgIpc) is 3.15. The van der Waals surface area contributed by atoms with Gasteiger partial charge in [-0.2, -0.15) is 0 Å². The van der Waals surface area contributed by atoms with Gasteiger partial charge >= 0.3 is 0 Å². The van der Waals surface area contributed by atoms with Gasteiger partial charge in [-0.05, 0) is 55.8 Å². The van der Waals surface area contributed by atoms with Crippen LogP contribution in [0.2, 0.25) is 0 Å². The molecule has 0 amide bonds. The summed E-state index contributed by atoms with van der Waals surface area (Å²) in [5.74, 6) is 3.54. The van der Waals surface area contributed by atoms with Crippen LogP contribution in [-0.2, 0) is 0 Å². The molecule has 4 atom stereocenters. The largest absolute Gasteiger partial charge is 0.0848 e. The molecule has 4 aliphatic carbocycles. The minimum atomic E-state index is 0.867. The van der Waals surface area contributed by atoms with E-state index in [-0.39, 0.29) is 0 Å². The summed E-state index contributed by atoms with van der Waals surface area (Å²) in [6.07, 6.45) is 25.3. The van der Waals surface area contributed by atoms with Crippen molar-refractivity contribution >= 4 is 0 Å². The third-order valence-electron chi connectivity index (χ3n) is 5.49. The predicted molar refractivity (Wildman–Crippen MR) is 80.6 cm³/mol. The van der Waals surface area contributed by atoms with Gasteiger partial charge in [-0.1, -0.05) is 59.8 Å². The molecule has 0 saturated heterocycles. The van der Waals surface area contributed by atoms with E-state index in [2.05, 4.69) is 48.6 Å². The number of fused-ring (bicyclic) bond motifs is 2. The fourth-order valence-corrected chi connectivity index (χ4v) is 4.52. The minimum Gasteiger partial charge on any atom is -0.0848 e. The monoisotopic (exact) mass is 250 g/mol. The number of rotatable bonds is 4. The van der Waals surface area contributed by atoms with Crippen molar-refractivity contribution < 1.29 is 0 Å². The highest BCUT2D eigenvalue weighted by atomic mass is 14.5. The molecule has 0 nitrogen and oxygen atoms in total. The molecular formula is C19H22. The van der Waals surface area contributed by atoms with Crippen LogP contribution in [0.5, 0.6) is 0 Å². The van der Waals surface area contributed by atoms with E-state index in [9.17, 15) is 0 Å². The summed E-state index contributed by atoms with van der Waals surface area (Å²) >= 11 is 0. The highest BCUT2D eigenvalue weighted by Crippen LogP contribution is 2.53. The third kappa shape index (κ3) is 2.08. The normalized spacial score (nSPS) is 38.3. The van der Waals surface area contributed by atoms with E-state index in [1.807, 2.05) is 0 Å². The molecule has 1 fully saturated rings. The molecular weight excluding hydrogens is 228 g/mol. The fourth-order valence-electron chi connectivity index (χ4n) is 4.52. The third-order valence-corrected chi connectivity index (χ3v) is 5.49. The van der Waals surface area contributed by atoms with Crippen molar-refractivity contribution in [1.82, 2.24) is 0 Å². The van der Waals surface area contributed by atoms with Crippen molar-refractivity contribution in [2.45, 2.75) is 32.1 Å². The predicted octanol–water partition coefficient (Wildman–Crippen LogP) is 4.98. The average molecular weight is 250 g/mol. The quantitative estimate of drug-likeness (QED) is 0.617. The SMILES string of the molecule is C1=CCC(C[C@@H]2[C@H](CC3=CC=CC3)[C@@H]3C=C[C@H]2C3)=C1. The van der Waals surface area contributed by atoms with Gasteiger partial charge in [-0.25, -0.2) is 0 Å². The summed E-state index contributed by atoms with van der Waals surface area (Å²) in [5.41, 5.74) is 3.32. The zero-order valence-electron chi connectivity index (χ0n) is 11.5. The lowest BCUT2D eigenvalue weighted by Crippen LogP contribution is -2.20. The zero-order chi connectivity index (χ0) is 12.7. The molecule has 2 bridgehead atoms. The highest BCUT2D eigenvalue weighted by molar-refractivity contribution is 5.28. The Morgan fingerprint density at radius 2 is 1.32 bits per heavy atom. The van der Waals surface area contributed by atoms with Crippen molar-refractivity contribution in [2.75, 3.05) is 0 Å². The Bertz CT molecular complexity index is 466. The molecule has 0 heteroatoms. The van der Waals surface area contributed by atoms with Crippen molar-refractivity contribution in [3.8, 4) is 0 Å². The van der Waals surface area contributed by atoms with Crippen LogP contribution in [0.1, 0.15) is 32.1 Å². The second-order valence-corrected chi connectivity index (χ2v) is 6.60. The lowest BCUT2D eigenvalue weighted by atomic mass is 9.76. The maximum atomic E-state index is 2.51. The van der Waals surface area contributed by atoms with Gasteiger partial charge in [-0.15, -0.1) is 0 Å². The van der Waals surface area contributed by atoms with E-state index in [1.54, 1.807) is 11.1 Å². The van der Waals surface area contributed by atoms with E-state index in [4.69, 9.17) is 0 Å². The van der Waals surface area contributed by atoms with E-state index >= 15 is 0 Å². The summed E-state index contributed by atoms with van der Waals surface area (Å²) in [6.45, 7) is 0. The van der Waals surface area contributed by atoms with Crippen molar-refractivity contribution in [2.24, 2.45) is 23.7 Å². The second-order valence-electron chi connectivity index (χ2n) is 6.60. The Labute approximate surface area is 116 Å². The van der Waals surface area contributed by atoms with Crippen molar-refractivity contribution in [1.29, 1.82) is 0 Å². The number of hydrogen-bond donors (Lipinski definition) is 0. The maximum Gasteiger partial charge on any atom is -0.0132 e. The first kappa shape index (κ1) is 11.5. The Balaban J connectivity index is 1.49. The summed E-state index contributed by atoms with van der Waals surface area (Å²) in [6, 6.07) is 0. The fraction of sp³-hybridized carbons (Fsp3) is 0.474. The molecule has 0 aromatic heterocycles. The molecule has 0 aliphatic heterocycles. The van der Waals surface area contributed by atoms with E-state index in [0.717, 1.165) is 23.7 Å². The molecule has 0 heterocycles. The van der Waals surface area contributed by atoms with Crippen LogP contribution in [0.4, 0.5) is 0 Å². The van der Waals surface area contributed by atoms with Gasteiger partial charge < -0.3 is 0 Å². The van der Waals surface area contributed by atoms with Crippen LogP contribution >= 0.6 is 0 Å². The van der Waals surface area contributed by atoms with Crippen LogP contribution in [0.3, 0.4) is 0 Å². The topological polar surface area (TPSA) is 0 Å². The van der Waals surface area contributed by atoms with Crippen LogP contribution in [0.25, 0.3) is 0 Å². The molecule has 4 rings (SSSR count). The Morgan fingerprint density at radius 3 is 1.74 bits per heavy atom. The summed E-state index contributed by atoms with van der Waals surface area (Å²) in [4.78, 5) is 0. The van der Waals surface area contributed by atoms with Gasteiger partial charge in [0.25, 0.3) is 0 Å². The first-order valence-corrected chi connectivity index (χ1v) is 7.77. The van der Waals surface area contributed by atoms with Crippen LogP contribution in [-0.4, -0.2) is 0 Å². The Morgan fingerprint density at radius 1 is 0.789 bits per heavy atom. The van der Waals surface area contributed by atoms with E-state index < -0.39 is 0 Å².